The summed E-state index contributed by atoms with van der Waals surface area (Å²) >= 11 is 7.16. The molecule has 1 saturated carbocycles. The Morgan fingerprint density at radius 2 is 2.04 bits per heavy atom. The lowest BCUT2D eigenvalue weighted by molar-refractivity contribution is -0.145. The van der Waals surface area contributed by atoms with Crippen molar-refractivity contribution in [3.63, 3.8) is 0 Å². The average Bonchev–Trinajstić information content (AvgIpc) is 3.33. The second kappa shape index (κ2) is 7.02. The topological polar surface area (TPSA) is 53.6 Å². The van der Waals surface area contributed by atoms with Crippen LogP contribution in [0.5, 0.6) is 0 Å². The number of hydrogen-bond donors (Lipinski definition) is 2. The van der Waals surface area contributed by atoms with Gasteiger partial charge in [0, 0.05) is 21.2 Å². The summed E-state index contributed by atoms with van der Waals surface area (Å²) in [7, 11) is 0. The molecule has 1 aromatic rings. The number of benzene rings is 1. The smallest absolute Gasteiger partial charge is 0.309 e. The van der Waals surface area contributed by atoms with Crippen LogP contribution < -0.4 is 10.7 Å². The molecule has 1 aliphatic carbocycles. The highest BCUT2D eigenvalue weighted by Crippen LogP contribution is 2.48. The molecule has 5 nitrogen and oxygen atoms in total. The normalized spacial score (nSPS) is 34.0. The van der Waals surface area contributed by atoms with Crippen molar-refractivity contribution >= 4 is 37.8 Å². The summed E-state index contributed by atoms with van der Waals surface area (Å²) in [6, 6.07) is 9.04. The van der Waals surface area contributed by atoms with Crippen LogP contribution in [0.1, 0.15) is 31.4 Å². The molecule has 4 rings (SSSR count). The fourth-order valence-electron chi connectivity index (χ4n) is 3.94. The summed E-state index contributed by atoms with van der Waals surface area (Å²) < 4.78 is 7.37. The third-order valence-electron chi connectivity index (χ3n) is 5.28. The Balaban J connectivity index is 1.54. The largest absolute Gasteiger partial charge is 0.466 e. The van der Waals surface area contributed by atoms with E-state index in [1.807, 2.05) is 13.1 Å². The van der Waals surface area contributed by atoms with Crippen molar-refractivity contribution in [2.24, 2.45) is 11.8 Å². The second-order valence-corrected chi connectivity index (χ2v) is 8.63. The maximum absolute atomic E-state index is 12.0. The quantitative estimate of drug-likeness (QED) is 0.660. The molecule has 7 heteroatoms. The molecule has 5 unspecified atom stereocenters. The molecule has 2 fully saturated rings. The number of fused-ring (bicyclic) bond motifs is 1. The number of hydrazine groups is 1. The Morgan fingerprint density at radius 3 is 2.76 bits per heavy atom. The van der Waals surface area contributed by atoms with Crippen LogP contribution in [0.4, 0.5) is 0 Å². The van der Waals surface area contributed by atoms with E-state index in [1.165, 1.54) is 5.56 Å². The molecule has 2 aliphatic heterocycles. The molecule has 0 aromatic heterocycles. The zero-order valence-electron chi connectivity index (χ0n) is 13.9. The molecule has 2 heterocycles. The lowest BCUT2D eigenvalue weighted by Crippen LogP contribution is -2.58. The maximum Gasteiger partial charge on any atom is 0.309 e. The van der Waals surface area contributed by atoms with E-state index < -0.39 is 0 Å². The highest BCUT2D eigenvalue weighted by molar-refractivity contribution is 9.11. The summed E-state index contributed by atoms with van der Waals surface area (Å²) in [5.41, 5.74) is 4.64. The molecule has 3 aliphatic rings. The molecule has 1 saturated heterocycles. The van der Waals surface area contributed by atoms with Gasteiger partial charge in [0.15, 0.2) is 0 Å². The van der Waals surface area contributed by atoms with E-state index in [2.05, 4.69) is 71.9 Å². The van der Waals surface area contributed by atoms with Gasteiger partial charge in [-0.25, -0.2) is 0 Å². The highest BCUT2D eigenvalue weighted by Gasteiger charge is 2.52. The number of nitrogens with one attached hydrogen (secondary N) is 2. The van der Waals surface area contributed by atoms with Gasteiger partial charge in [-0.15, -0.1) is 0 Å². The summed E-state index contributed by atoms with van der Waals surface area (Å²) in [6.45, 7) is 2.32. The van der Waals surface area contributed by atoms with Gasteiger partial charge in [0.05, 0.1) is 18.6 Å². The number of esters is 1. The van der Waals surface area contributed by atoms with E-state index in [9.17, 15) is 4.79 Å². The fourth-order valence-corrected chi connectivity index (χ4v) is 4.66. The predicted octanol–water partition coefficient (Wildman–Crippen LogP) is 3.43. The molecule has 5 atom stereocenters. The van der Waals surface area contributed by atoms with E-state index >= 15 is 0 Å². The van der Waals surface area contributed by atoms with Crippen LogP contribution in [0.25, 0.3) is 0 Å². The number of ether oxygens (including phenoxy) is 1. The number of halogens is 2. The molecule has 0 bridgehead atoms. The second-order valence-electron chi connectivity index (χ2n) is 6.80. The molecule has 0 spiro atoms. The fraction of sp³-hybridized carbons (Fsp3) is 0.500. The van der Waals surface area contributed by atoms with Crippen LogP contribution in [0, 0.1) is 11.8 Å². The van der Waals surface area contributed by atoms with Gasteiger partial charge in [0.25, 0.3) is 0 Å². The Kier molecular flexibility index (Phi) is 4.92. The number of carbonyl (C=O) groups is 1. The number of hydrogen-bond acceptors (Lipinski definition) is 5. The zero-order valence-corrected chi connectivity index (χ0v) is 17.1. The van der Waals surface area contributed by atoms with Crippen molar-refractivity contribution in [1.29, 1.82) is 0 Å². The van der Waals surface area contributed by atoms with Crippen LogP contribution >= 0.6 is 31.9 Å². The van der Waals surface area contributed by atoms with Crippen LogP contribution in [0.15, 0.2) is 39.4 Å². The molecule has 134 valence electrons. The van der Waals surface area contributed by atoms with Crippen LogP contribution in [0.3, 0.4) is 0 Å². The van der Waals surface area contributed by atoms with Crippen molar-refractivity contribution in [2.75, 3.05) is 6.61 Å². The van der Waals surface area contributed by atoms with Gasteiger partial charge in [-0.2, -0.15) is 5.01 Å². The molecule has 1 aromatic carbocycles. The summed E-state index contributed by atoms with van der Waals surface area (Å²) in [5.74, 6) is 0.364. The van der Waals surface area contributed by atoms with E-state index in [-0.39, 0.29) is 24.1 Å². The Bertz CT molecular complexity index is 694. The lowest BCUT2D eigenvalue weighted by Gasteiger charge is -2.43. The van der Waals surface area contributed by atoms with Gasteiger partial charge in [-0.1, -0.05) is 44.0 Å². The van der Waals surface area contributed by atoms with Crippen molar-refractivity contribution in [3.05, 3.63) is 45.0 Å². The van der Waals surface area contributed by atoms with E-state index in [1.54, 1.807) is 0 Å². The molecule has 25 heavy (non-hydrogen) atoms. The third-order valence-corrected chi connectivity index (χ3v) is 6.47. The van der Waals surface area contributed by atoms with Crippen LogP contribution in [-0.4, -0.2) is 29.8 Å². The number of rotatable bonds is 4. The van der Waals surface area contributed by atoms with Crippen molar-refractivity contribution in [3.8, 4) is 0 Å². The predicted molar refractivity (Wildman–Crippen MR) is 102 cm³/mol. The first-order chi connectivity index (χ1) is 12.1. The summed E-state index contributed by atoms with van der Waals surface area (Å²) in [5, 5.41) is 5.94. The Morgan fingerprint density at radius 1 is 1.28 bits per heavy atom. The molecular formula is C18H21Br2N3O2. The Hall–Kier alpha value is -0.890. The molecule has 0 amide bonds. The zero-order chi connectivity index (χ0) is 17.6. The minimum Gasteiger partial charge on any atom is -0.466 e. The maximum atomic E-state index is 12.0. The lowest BCUT2D eigenvalue weighted by atomic mass is 9.92. The van der Waals surface area contributed by atoms with Gasteiger partial charge in [0.1, 0.15) is 6.17 Å². The third kappa shape index (κ3) is 3.39. The van der Waals surface area contributed by atoms with Crippen LogP contribution in [-0.2, 0) is 9.53 Å². The summed E-state index contributed by atoms with van der Waals surface area (Å²) in [6.07, 6.45) is 3.96. The van der Waals surface area contributed by atoms with E-state index in [4.69, 9.17) is 4.74 Å². The van der Waals surface area contributed by atoms with Crippen LogP contribution in [0.2, 0.25) is 0 Å². The molecule has 0 radical (unpaired) electrons. The number of nitrogens with zero attached hydrogens (tertiary/aromatic N) is 1. The van der Waals surface area contributed by atoms with Crippen molar-refractivity contribution in [2.45, 2.75) is 38.0 Å². The first-order valence-corrected chi connectivity index (χ1v) is 10.2. The first-order valence-electron chi connectivity index (χ1n) is 8.66. The van der Waals surface area contributed by atoms with Gasteiger partial charge < -0.3 is 10.2 Å². The highest BCUT2D eigenvalue weighted by atomic mass is 79.9. The SMILES string of the molecule is CCOC(=O)C1CC1C1CC(c2ccc(Br)cc2)N2NC=C(Br)C2N1. The Labute approximate surface area is 164 Å². The minimum absolute atomic E-state index is 0.0453. The monoisotopic (exact) mass is 469 g/mol. The number of carbonyl (C=O) groups excluding carboxylic acids is 1. The van der Waals surface area contributed by atoms with Crippen molar-refractivity contribution < 1.29 is 9.53 Å². The minimum atomic E-state index is -0.0453. The molecular weight excluding hydrogens is 450 g/mol. The van der Waals surface area contributed by atoms with Gasteiger partial charge in [0.2, 0.25) is 0 Å². The van der Waals surface area contributed by atoms with E-state index in [0.29, 0.717) is 18.6 Å². The average molecular weight is 471 g/mol. The van der Waals surface area contributed by atoms with Gasteiger partial charge in [-0.3, -0.25) is 10.1 Å². The van der Waals surface area contributed by atoms with Crippen molar-refractivity contribution in [1.82, 2.24) is 15.8 Å². The van der Waals surface area contributed by atoms with E-state index in [0.717, 1.165) is 21.8 Å². The summed E-state index contributed by atoms with van der Waals surface area (Å²) in [4.78, 5) is 12.0. The molecule has 2 N–H and O–H groups in total. The van der Waals surface area contributed by atoms with Gasteiger partial charge in [-0.05, 0) is 43.4 Å². The first kappa shape index (κ1) is 17.5. The standard InChI is InChI=1S/C18H21Br2N3O2/c1-2-25-18(24)13-7-12(13)15-8-16(10-3-5-11(19)6-4-10)23-17(22-15)14(20)9-21-23/h3-6,9,12-13,15-17,21-22H,2,7-8H2,1H3. The van der Waals surface area contributed by atoms with Gasteiger partial charge >= 0.3 is 5.97 Å².